The SMILES string of the molecule is CN(CC1OCCO1)P(=O)(OC[C@H]1O[C@@H](n2cnc3c(=O)[nH]c(N)nc32)C[C@H]1O)O[C@@H]1C[C@H](n2cnc3c(N)ncnc32)O[C@@H]1CO. The number of aromatic amines is 1. The maximum absolute atomic E-state index is 14.6. The van der Waals surface area contributed by atoms with Gasteiger partial charge < -0.3 is 40.6 Å². The number of likely N-dealkylation sites (N-methyl/N-ethyl adjacent to an activating group) is 1. The lowest BCUT2D eigenvalue weighted by molar-refractivity contribution is -0.0647. The molecule has 22 heteroatoms. The van der Waals surface area contributed by atoms with Gasteiger partial charge >= 0.3 is 7.75 Å². The number of nitrogens with two attached hydrogens (primary N) is 2. The molecule has 7 heterocycles. The van der Waals surface area contributed by atoms with Crippen LogP contribution in [-0.2, 0) is 32.6 Å². The van der Waals surface area contributed by atoms with E-state index in [1.54, 1.807) is 4.57 Å². The minimum absolute atomic E-state index is 0.0276. The molecule has 0 bridgehead atoms. The van der Waals surface area contributed by atoms with Gasteiger partial charge in [0.15, 0.2) is 28.9 Å². The molecule has 3 saturated heterocycles. The van der Waals surface area contributed by atoms with E-state index >= 15 is 0 Å². The third-order valence-electron chi connectivity index (χ3n) is 8.22. The highest BCUT2D eigenvalue weighted by Gasteiger charge is 2.46. The lowest BCUT2D eigenvalue weighted by Gasteiger charge is -2.32. The number of aliphatic hydroxyl groups excluding tert-OH is 2. The summed E-state index contributed by atoms with van der Waals surface area (Å²) in [6.45, 7) is -0.0186. The molecular formula is C25H34N11O10P. The maximum Gasteiger partial charge on any atom is 0.408 e. The number of imidazole rings is 2. The molecule has 7 rings (SSSR count). The molecule has 0 spiro atoms. The summed E-state index contributed by atoms with van der Waals surface area (Å²) in [5.41, 5.74) is 12.2. The second-order valence-corrected chi connectivity index (χ2v) is 13.3. The highest BCUT2D eigenvalue weighted by molar-refractivity contribution is 7.51. The zero-order chi connectivity index (χ0) is 32.9. The van der Waals surface area contributed by atoms with Crippen molar-refractivity contribution in [2.24, 2.45) is 0 Å². The Balaban J connectivity index is 1.09. The van der Waals surface area contributed by atoms with Crippen LogP contribution in [-0.4, -0.2) is 125 Å². The van der Waals surface area contributed by atoms with Gasteiger partial charge in [-0.15, -0.1) is 0 Å². The first-order valence-electron chi connectivity index (χ1n) is 14.8. The first kappa shape index (κ1) is 31.9. The van der Waals surface area contributed by atoms with Crippen molar-refractivity contribution in [2.45, 2.75) is 56.0 Å². The number of fused-ring (bicyclic) bond motifs is 2. The fourth-order valence-electron chi connectivity index (χ4n) is 5.79. The number of aromatic nitrogens is 8. The topological polar surface area (TPSA) is 275 Å². The summed E-state index contributed by atoms with van der Waals surface area (Å²) in [5, 5.41) is 21.1. The summed E-state index contributed by atoms with van der Waals surface area (Å²) in [6.07, 6.45) is -1.56. The second-order valence-electron chi connectivity index (χ2n) is 11.3. The first-order valence-corrected chi connectivity index (χ1v) is 16.3. The molecule has 3 aliphatic rings. The summed E-state index contributed by atoms with van der Waals surface area (Å²) in [4.78, 5) is 35.3. The van der Waals surface area contributed by atoms with Crippen molar-refractivity contribution >= 4 is 41.8 Å². The third-order valence-corrected chi connectivity index (χ3v) is 10.2. The first-order chi connectivity index (χ1) is 22.6. The zero-order valence-corrected chi connectivity index (χ0v) is 26.0. The predicted octanol–water partition coefficient (Wildman–Crippen LogP) is -1.13. The molecule has 0 aromatic carbocycles. The number of rotatable bonds is 11. The van der Waals surface area contributed by atoms with Gasteiger partial charge in [0.05, 0.1) is 51.7 Å². The molecule has 0 saturated carbocycles. The van der Waals surface area contributed by atoms with E-state index in [-0.39, 0.29) is 48.9 Å². The van der Waals surface area contributed by atoms with E-state index in [1.165, 1.54) is 35.3 Å². The molecule has 7 N–H and O–H groups in total. The van der Waals surface area contributed by atoms with E-state index in [4.69, 9.17) is 39.5 Å². The van der Waals surface area contributed by atoms with Crippen LogP contribution in [0.15, 0.2) is 23.8 Å². The Hall–Kier alpha value is -3.63. The van der Waals surface area contributed by atoms with Crippen LogP contribution >= 0.6 is 7.75 Å². The van der Waals surface area contributed by atoms with Crippen LogP contribution < -0.4 is 17.0 Å². The molecule has 4 aromatic rings. The summed E-state index contributed by atoms with van der Waals surface area (Å²) >= 11 is 0. The van der Waals surface area contributed by atoms with Crippen LogP contribution in [0.3, 0.4) is 0 Å². The molecule has 0 aliphatic carbocycles. The Morgan fingerprint density at radius 2 is 1.74 bits per heavy atom. The molecule has 7 atom stereocenters. The number of nitrogens with one attached hydrogen (secondary N) is 1. The number of H-pyrrole nitrogens is 1. The number of anilines is 2. The fourth-order valence-corrected chi connectivity index (χ4v) is 7.44. The number of aliphatic hydroxyl groups is 2. The Kier molecular flexibility index (Phi) is 8.68. The van der Waals surface area contributed by atoms with Crippen molar-refractivity contribution in [3.8, 4) is 0 Å². The van der Waals surface area contributed by atoms with Gasteiger partial charge in [-0.1, -0.05) is 0 Å². The van der Waals surface area contributed by atoms with Gasteiger partial charge in [0.25, 0.3) is 5.56 Å². The Bertz CT molecular complexity index is 1850. The Morgan fingerprint density at radius 3 is 2.51 bits per heavy atom. The largest absolute Gasteiger partial charge is 0.408 e. The van der Waals surface area contributed by atoms with E-state index in [0.29, 0.717) is 24.4 Å². The van der Waals surface area contributed by atoms with Gasteiger partial charge in [-0.3, -0.25) is 28.0 Å². The summed E-state index contributed by atoms with van der Waals surface area (Å²) in [5.74, 6) is 0.0972. The number of ether oxygens (including phenoxy) is 4. The Labute approximate surface area is 265 Å². The maximum atomic E-state index is 14.6. The van der Waals surface area contributed by atoms with E-state index in [1.807, 2.05) is 0 Å². The molecule has 1 unspecified atom stereocenters. The van der Waals surface area contributed by atoms with Gasteiger partial charge in [0.2, 0.25) is 5.95 Å². The van der Waals surface area contributed by atoms with Crippen LogP contribution in [0.2, 0.25) is 0 Å². The number of hydrogen-bond donors (Lipinski definition) is 5. The molecule has 0 amide bonds. The molecular weight excluding hydrogens is 645 g/mol. The van der Waals surface area contributed by atoms with E-state index < -0.39 is 63.1 Å². The minimum Gasteiger partial charge on any atom is -0.394 e. The van der Waals surface area contributed by atoms with Gasteiger partial charge in [-0.2, -0.15) is 4.98 Å². The number of hydrogen-bond acceptors (Lipinski definition) is 17. The summed E-state index contributed by atoms with van der Waals surface area (Å²) < 4.78 is 54.4. The second kappa shape index (κ2) is 12.8. The van der Waals surface area contributed by atoms with E-state index in [9.17, 15) is 19.6 Å². The quantitative estimate of drug-likeness (QED) is 0.117. The van der Waals surface area contributed by atoms with Gasteiger partial charge in [0, 0.05) is 12.8 Å². The summed E-state index contributed by atoms with van der Waals surface area (Å²) in [7, 11) is -2.68. The van der Waals surface area contributed by atoms with Crippen LogP contribution in [0, 0.1) is 0 Å². The van der Waals surface area contributed by atoms with Crippen molar-refractivity contribution in [3.05, 3.63) is 29.3 Å². The monoisotopic (exact) mass is 679 g/mol. The van der Waals surface area contributed by atoms with Crippen LogP contribution in [0.4, 0.5) is 11.8 Å². The lowest BCUT2D eigenvalue weighted by Crippen LogP contribution is -2.35. The zero-order valence-electron chi connectivity index (χ0n) is 25.1. The predicted molar refractivity (Wildman–Crippen MR) is 159 cm³/mol. The molecule has 4 aromatic heterocycles. The van der Waals surface area contributed by atoms with Crippen molar-refractivity contribution in [1.82, 2.24) is 43.7 Å². The van der Waals surface area contributed by atoms with Crippen molar-refractivity contribution in [3.63, 3.8) is 0 Å². The third kappa shape index (κ3) is 6.10. The highest BCUT2D eigenvalue weighted by atomic mass is 31.2. The lowest BCUT2D eigenvalue weighted by atomic mass is 10.2. The fraction of sp³-hybridized carbons (Fsp3) is 0.600. The molecule has 3 fully saturated rings. The average Bonchev–Trinajstić information content (AvgIpc) is 3.87. The van der Waals surface area contributed by atoms with Gasteiger partial charge in [0.1, 0.15) is 42.6 Å². The molecule has 21 nitrogen and oxygen atoms in total. The smallest absolute Gasteiger partial charge is 0.394 e. The number of nitrogen functional groups attached to an aromatic ring is 2. The molecule has 3 aliphatic heterocycles. The van der Waals surface area contributed by atoms with E-state index in [2.05, 4.69) is 29.9 Å². The highest BCUT2D eigenvalue weighted by Crippen LogP contribution is 2.55. The van der Waals surface area contributed by atoms with Crippen molar-refractivity contribution in [1.29, 1.82) is 0 Å². The van der Waals surface area contributed by atoms with Crippen LogP contribution in [0.25, 0.3) is 22.3 Å². The average molecular weight is 680 g/mol. The Morgan fingerprint density at radius 1 is 1.04 bits per heavy atom. The van der Waals surface area contributed by atoms with Gasteiger partial charge in [-0.25, -0.2) is 29.2 Å². The molecule has 0 radical (unpaired) electrons. The standard InChI is InChI=1S/C25H34N11O10P/c1-34(6-18-41-2-3-42-18)47(40,46-13-5-17(44-14(13)7-37)35-10-30-19-21(26)28-9-29-22(19)35)43-8-15-12(38)4-16(45-15)36-11-31-20-23(36)32-25(27)33-24(20)39/h9-18,37-38H,2-8H2,1H3,(H2,26,28,29)(H3,27,32,33,39)/t12-,13-,14-,15-,16-,17-,47?/m1/s1. The van der Waals surface area contributed by atoms with Crippen LogP contribution in [0.1, 0.15) is 25.3 Å². The molecule has 47 heavy (non-hydrogen) atoms. The number of nitrogens with zero attached hydrogens (tertiary/aromatic N) is 8. The molecule has 254 valence electrons. The van der Waals surface area contributed by atoms with Gasteiger partial charge in [-0.05, 0) is 7.05 Å². The summed E-state index contributed by atoms with van der Waals surface area (Å²) in [6, 6.07) is 0. The van der Waals surface area contributed by atoms with Crippen molar-refractivity contribution < 1.29 is 42.8 Å². The van der Waals surface area contributed by atoms with Crippen LogP contribution in [0.5, 0.6) is 0 Å². The normalized spacial score (nSPS) is 28.3. The van der Waals surface area contributed by atoms with Crippen molar-refractivity contribution in [2.75, 3.05) is 51.5 Å². The minimum atomic E-state index is -4.21. The van der Waals surface area contributed by atoms with E-state index in [0.717, 1.165) is 0 Å².